The van der Waals surface area contributed by atoms with Crippen molar-refractivity contribution in [3.05, 3.63) is 20.8 Å². The number of hydrogen-bond acceptors (Lipinski definition) is 5. The lowest BCUT2D eigenvalue weighted by Gasteiger charge is -2.33. The number of hydrogen-bond donors (Lipinski definition) is 1. The molecule has 20 heavy (non-hydrogen) atoms. The summed E-state index contributed by atoms with van der Waals surface area (Å²) in [5, 5.41) is 5.96. The summed E-state index contributed by atoms with van der Waals surface area (Å²) < 4.78 is 1.03. The molecule has 7 heteroatoms. The molecule has 0 atom stereocenters. The first-order valence-corrected chi connectivity index (χ1v) is 8.35. The molecule has 110 valence electrons. The van der Waals surface area contributed by atoms with E-state index in [4.69, 9.17) is 0 Å². The molecule has 0 unspecified atom stereocenters. The minimum atomic E-state index is -0.0539. The highest BCUT2D eigenvalue weighted by Crippen LogP contribution is 2.17. The lowest BCUT2D eigenvalue weighted by Crippen LogP contribution is -2.48. The second-order valence-electron chi connectivity index (χ2n) is 4.67. The Labute approximate surface area is 131 Å². The number of carbonyl (C=O) groups is 1. The van der Waals surface area contributed by atoms with Crippen LogP contribution in [0.5, 0.6) is 0 Å². The molecule has 1 saturated heterocycles. The lowest BCUT2D eigenvalue weighted by atomic mass is 10.3. The van der Waals surface area contributed by atoms with Crippen LogP contribution in [-0.2, 0) is 4.79 Å². The van der Waals surface area contributed by atoms with E-state index in [9.17, 15) is 4.79 Å². The van der Waals surface area contributed by atoms with E-state index >= 15 is 0 Å². The summed E-state index contributed by atoms with van der Waals surface area (Å²) in [4.78, 5) is 17.3. The smallest absolute Gasteiger partial charge is 0.254 e. The van der Waals surface area contributed by atoms with E-state index in [2.05, 4.69) is 43.2 Å². The van der Waals surface area contributed by atoms with Gasteiger partial charge in [0.05, 0.1) is 12.8 Å². The Morgan fingerprint density at radius 1 is 1.45 bits per heavy atom. The molecule has 0 radical (unpaired) electrons. The van der Waals surface area contributed by atoms with Gasteiger partial charge in [0.25, 0.3) is 5.91 Å². The molecule has 0 aromatic carbocycles. The minimum absolute atomic E-state index is 0.0539. The number of halogens is 1. The zero-order chi connectivity index (χ0) is 14.4. The Balaban J connectivity index is 1.69. The number of nitrogens with zero attached hydrogens (tertiary/aromatic N) is 3. The number of thiophene rings is 1. The molecule has 0 spiro atoms. The standard InChI is InChI=1S/C13H19BrN4OS/c1-2-17-3-5-18(6-4-17)9-13(19)16-15-8-12-7-11(14)10-20-12/h7-8,10H,2-6,9H2,1H3,(H,16,19). The highest BCUT2D eigenvalue weighted by atomic mass is 79.9. The minimum Gasteiger partial charge on any atom is -0.301 e. The highest BCUT2D eigenvalue weighted by molar-refractivity contribution is 9.10. The van der Waals surface area contributed by atoms with Gasteiger partial charge in [0.1, 0.15) is 0 Å². The predicted molar refractivity (Wildman–Crippen MR) is 86.3 cm³/mol. The molecule has 1 aromatic heterocycles. The Morgan fingerprint density at radius 2 is 2.15 bits per heavy atom. The van der Waals surface area contributed by atoms with E-state index < -0.39 is 0 Å². The van der Waals surface area contributed by atoms with E-state index in [0.29, 0.717) is 6.54 Å². The predicted octanol–water partition coefficient (Wildman–Crippen LogP) is 1.60. The van der Waals surface area contributed by atoms with Gasteiger partial charge in [-0.15, -0.1) is 11.3 Å². The van der Waals surface area contributed by atoms with Gasteiger partial charge in [0.15, 0.2) is 0 Å². The molecule has 1 fully saturated rings. The highest BCUT2D eigenvalue weighted by Gasteiger charge is 2.17. The van der Waals surface area contributed by atoms with Gasteiger partial charge in [0, 0.05) is 40.9 Å². The first kappa shape index (κ1) is 15.6. The molecule has 0 saturated carbocycles. The van der Waals surface area contributed by atoms with E-state index in [1.807, 2.05) is 11.4 Å². The van der Waals surface area contributed by atoms with Crippen LogP contribution >= 0.6 is 27.3 Å². The molecule has 1 aromatic rings. The maximum absolute atomic E-state index is 11.8. The SMILES string of the molecule is CCN1CCN(CC(=O)NN=Cc2cc(Br)cs2)CC1. The van der Waals surface area contributed by atoms with Crippen LogP contribution < -0.4 is 5.43 Å². The largest absolute Gasteiger partial charge is 0.301 e. The number of amides is 1. The van der Waals surface area contributed by atoms with Crippen molar-refractivity contribution in [3.63, 3.8) is 0 Å². The molecule has 1 aliphatic heterocycles. The fourth-order valence-corrected chi connectivity index (χ4v) is 3.37. The molecule has 0 bridgehead atoms. The summed E-state index contributed by atoms with van der Waals surface area (Å²) in [6, 6.07) is 1.96. The van der Waals surface area contributed by atoms with Crippen LogP contribution in [0.4, 0.5) is 0 Å². The maximum Gasteiger partial charge on any atom is 0.254 e. The van der Waals surface area contributed by atoms with Crippen molar-refractivity contribution in [2.75, 3.05) is 39.3 Å². The zero-order valence-corrected chi connectivity index (χ0v) is 13.9. The van der Waals surface area contributed by atoms with Gasteiger partial charge in [-0.05, 0) is 28.5 Å². The number of likely N-dealkylation sites (N-methyl/N-ethyl adjacent to an activating group) is 1. The third-order valence-electron chi connectivity index (χ3n) is 3.25. The topological polar surface area (TPSA) is 47.9 Å². The van der Waals surface area contributed by atoms with Crippen molar-refractivity contribution in [2.24, 2.45) is 5.10 Å². The van der Waals surface area contributed by atoms with Gasteiger partial charge in [-0.2, -0.15) is 5.10 Å². The summed E-state index contributed by atoms with van der Waals surface area (Å²) in [5.74, 6) is -0.0539. The molecule has 2 rings (SSSR count). The molecule has 5 nitrogen and oxygen atoms in total. The molecule has 0 aliphatic carbocycles. The Morgan fingerprint density at radius 3 is 2.75 bits per heavy atom. The van der Waals surface area contributed by atoms with Gasteiger partial charge < -0.3 is 4.90 Å². The Bertz CT molecular complexity index is 469. The van der Waals surface area contributed by atoms with Crippen LogP contribution in [0.15, 0.2) is 21.0 Å². The van der Waals surface area contributed by atoms with Gasteiger partial charge in [-0.3, -0.25) is 9.69 Å². The van der Waals surface area contributed by atoms with Crippen molar-refractivity contribution in [3.8, 4) is 0 Å². The third kappa shape index (κ3) is 4.97. The van der Waals surface area contributed by atoms with Crippen molar-refractivity contribution < 1.29 is 4.79 Å². The summed E-state index contributed by atoms with van der Waals surface area (Å²) in [6.45, 7) is 7.64. The van der Waals surface area contributed by atoms with Crippen molar-refractivity contribution in [1.82, 2.24) is 15.2 Å². The van der Waals surface area contributed by atoms with Gasteiger partial charge >= 0.3 is 0 Å². The first-order chi connectivity index (χ1) is 9.67. The average Bonchev–Trinajstić information content (AvgIpc) is 2.85. The van der Waals surface area contributed by atoms with Gasteiger partial charge in [-0.1, -0.05) is 6.92 Å². The second kappa shape index (κ2) is 7.87. The summed E-state index contributed by atoms with van der Waals surface area (Å²) in [7, 11) is 0. The van der Waals surface area contributed by atoms with Crippen molar-refractivity contribution in [1.29, 1.82) is 0 Å². The molecular weight excluding hydrogens is 340 g/mol. The second-order valence-corrected chi connectivity index (χ2v) is 6.53. The number of nitrogens with one attached hydrogen (secondary N) is 1. The van der Waals surface area contributed by atoms with Crippen molar-refractivity contribution >= 4 is 39.4 Å². The molecular formula is C13H19BrN4OS. The number of carbonyl (C=O) groups excluding carboxylic acids is 1. The van der Waals surface area contributed by atoms with Crippen LogP contribution in [-0.4, -0.2) is 61.2 Å². The van der Waals surface area contributed by atoms with E-state index in [-0.39, 0.29) is 5.91 Å². The van der Waals surface area contributed by atoms with Crippen LogP contribution in [0.3, 0.4) is 0 Å². The first-order valence-electron chi connectivity index (χ1n) is 6.68. The van der Waals surface area contributed by atoms with E-state index in [0.717, 1.165) is 42.1 Å². The van der Waals surface area contributed by atoms with E-state index in [1.165, 1.54) is 0 Å². The van der Waals surface area contributed by atoms with Crippen LogP contribution in [0.1, 0.15) is 11.8 Å². The van der Waals surface area contributed by atoms with E-state index in [1.54, 1.807) is 17.6 Å². The zero-order valence-electron chi connectivity index (χ0n) is 11.5. The van der Waals surface area contributed by atoms with Gasteiger partial charge in [-0.25, -0.2) is 5.43 Å². The maximum atomic E-state index is 11.8. The number of hydrazone groups is 1. The molecule has 1 amide bonds. The molecule has 1 N–H and O–H groups in total. The quantitative estimate of drug-likeness (QED) is 0.642. The van der Waals surface area contributed by atoms with Crippen LogP contribution in [0.25, 0.3) is 0 Å². The third-order valence-corrected chi connectivity index (χ3v) is 4.88. The average molecular weight is 359 g/mol. The van der Waals surface area contributed by atoms with Crippen molar-refractivity contribution in [2.45, 2.75) is 6.92 Å². The van der Waals surface area contributed by atoms with Gasteiger partial charge in [0.2, 0.25) is 0 Å². The monoisotopic (exact) mass is 358 g/mol. The normalized spacial score (nSPS) is 17.7. The molecule has 2 heterocycles. The number of rotatable bonds is 5. The Hall–Kier alpha value is -0.760. The fraction of sp³-hybridized carbons (Fsp3) is 0.538. The van der Waals surface area contributed by atoms with Crippen LogP contribution in [0, 0.1) is 0 Å². The summed E-state index contributed by atoms with van der Waals surface area (Å²) in [5.41, 5.74) is 2.58. The lowest BCUT2D eigenvalue weighted by molar-refractivity contribution is -0.122. The fourth-order valence-electron chi connectivity index (χ4n) is 2.07. The number of piperazine rings is 1. The van der Waals surface area contributed by atoms with Crippen LogP contribution in [0.2, 0.25) is 0 Å². The summed E-state index contributed by atoms with van der Waals surface area (Å²) in [6.07, 6.45) is 1.67. The molecule has 1 aliphatic rings. The Kier molecular flexibility index (Phi) is 6.15. The summed E-state index contributed by atoms with van der Waals surface area (Å²) >= 11 is 4.96.